The Labute approximate surface area is 161 Å². The molecule has 0 bridgehead atoms. The van der Waals surface area contributed by atoms with Crippen LogP contribution in [0.4, 0.5) is 16.5 Å². The van der Waals surface area contributed by atoms with E-state index in [9.17, 15) is 0 Å². The number of halogens is 1. The molecule has 4 rings (SSSR count). The van der Waals surface area contributed by atoms with Gasteiger partial charge in [-0.3, -0.25) is 0 Å². The minimum atomic E-state index is 0. The van der Waals surface area contributed by atoms with E-state index in [0.29, 0.717) is 0 Å². The Morgan fingerprint density at radius 1 is 0.840 bits per heavy atom. The smallest absolute Gasteiger partial charge is 0.212 e. The first kappa shape index (κ1) is 17.4. The number of anilines is 3. The van der Waals surface area contributed by atoms with E-state index < -0.39 is 0 Å². The normalized spacial score (nSPS) is 13.3. The lowest BCUT2D eigenvalue weighted by molar-refractivity contribution is 0.815. The topological polar surface area (TPSA) is 35.0 Å². The minimum absolute atomic E-state index is 0. The fourth-order valence-electron chi connectivity index (χ4n) is 2.50. The summed E-state index contributed by atoms with van der Waals surface area (Å²) in [6.07, 6.45) is 1.80. The number of hydrogen-bond donors (Lipinski definition) is 0. The second-order valence-electron chi connectivity index (χ2n) is 5.46. The molecular weight excluding hydrogens is 398 g/mol. The van der Waals surface area contributed by atoms with Crippen molar-refractivity contribution in [3.63, 3.8) is 0 Å². The third kappa shape index (κ3) is 3.25. The molecular formula is C18H18BrN5S. The summed E-state index contributed by atoms with van der Waals surface area (Å²) in [5.74, 6) is 0. The van der Waals surface area contributed by atoms with Crippen molar-refractivity contribution >= 4 is 51.2 Å². The maximum absolute atomic E-state index is 4.68. The third-order valence-corrected chi connectivity index (χ3v) is 4.90. The zero-order valence-electron chi connectivity index (χ0n) is 13.9. The number of thiazole rings is 1. The molecule has 0 N–H and O–H groups in total. The van der Waals surface area contributed by atoms with Crippen molar-refractivity contribution in [1.82, 2.24) is 4.98 Å². The van der Waals surface area contributed by atoms with Crippen molar-refractivity contribution in [1.29, 1.82) is 0 Å². The Hall–Kier alpha value is -2.38. The van der Waals surface area contributed by atoms with Crippen molar-refractivity contribution in [3.8, 4) is 0 Å². The van der Waals surface area contributed by atoms with Gasteiger partial charge in [-0.05, 0) is 38.1 Å². The van der Waals surface area contributed by atoms with Crippen LogP contribution in [0.25, 0.3) is 0 Å². The van der Waals surface area contributed by atoms with E-state index in [1.54, 1.807) is 17.7 Å². The molecule has 0 radical (unpaired) electrons. The molecule has 2 aromatic carbocycles. The van der Waals surface area contributed by atoms with E-state index in [-0.39, 0.29) is 17.0 Å². The van der Waals surface area contributed by atoms with Crippen molar-refractivity contribution in [2.45, 2.75) is 13.8 Å². The number of hydrazine groups is 2. The van der Waals surface area contributed by atoms with Crippen LogP contribution in [0.15, 0.2) is 65.8 Å². The van der Waals surface area contributed by atoms with Gasteiger partial charge in [-0.15, -0.1) is 22.1 Å². The first-order valence-electron chi connectivity index (χ1n) is 7.71. The minimum Gasteiger partial charge on any atom is -0.223 e. The second kappa shape index (κ2) is 7.25. The molecule has 25 heavy (non-hydrogen) atoms. The Morgan fingerprint density at radius 2 is 1.44 bits per heavy atom. The average Bonchev–Trinajstić information content (AvgIpc) is 3.20. The molecule has 128 valence electrons. The molecule has 3 aromatic rings. The van der Waals surface area contributed by atoms with Gasteiger partial charge in [0.05, 0.1) is 17.1 Å². The highest BCUT2D eigenvalue weighted by Gasteiger charge is 2.30. The van der Waals surface area contributed by atoms with E-state index in [4.69, 9.17) is 0 Å². The third-order valence-electron chi connectivity index (χ3n) is 3.84. The largest absolute Gasteiger partial charge is 0.223 e. The number of benzene rings is 2. The van der Waals surface area contributed by atoms with E-state index in [1.165, 1.54) is 4.88 Å². The maximum Gasteiger partial charge on any atom is 0.212 e. The molecule has 0 amide bonds. The average molecular weight is 416 g/mol. The predicted molar refractivity (Wildman–Crippen MR) is 111 cm³/mol. The number of aromatic nitrogens is 1. The van der Waals surface area contributed by atoms with Crippen molar-refractivity contribution in [2.24, 2.45) is 5.10 Å². The van der Waals surface area contributed by atoms with Crippen molar-refractivity contribution in [3.05, 3.63) is 71.2 Å². The van der Waals surface area contributed by atoms with Gasteiger partial charge in [0.15, 0.2) is 0 Å². The number of para-hydroxylation sites is 2. The van der Waals surface area contributed by atoms with Crippen LogP contribution in [0, 0.1) is 13.8 Å². The van der Waals surface area contributed by atoms with Crippen LogP contribution in [0.5, 0.6) is 0 Å². The summed E-state index contributed by atoms with van der Waals surface area (Å²) in [6, 6.07) is 20.3. The number of nitrogens with zero attached hydrogens (tertiary/aromatic N) is 5. The summed E-state index contributed by atoms with van der Waals surface area (Å²) in [4.78, 5) is 5.89. The fourth-order valence-corrected chi connectivity index (χ4v) is 3.37. The lowest BCUT2D eigenvalue weighted by Crippen LogP contribution is -2.46. The summed E-state index contributed by atoms with van der Waals surface area (Å²) in [7, 11) is 0. The molecule has 7 heteroatoms. The molecule has 1 aromatic heterocycles. The van der Waals surface area contributed by atoms with Crippen LogP contribution < -0.4 is 15.2 Å². The molecule has 0 fully saturated rings. The lowest BCUT2D eigenvalue weighted by atomic mass is 10.3. The van der Waals surface area contributed by atoms with Gasteiger partial charge in [-0.2, -0.15) is 15.2 Å². The van der Waals surface area contributed by atoms with E-state index in [1.807, 2.05) is 70.7 Å². The molecule has 5 nitrogen and oxygen atoms in total. The highest BCUT2D eigenvalue weighted by molar-refractivity contribution is 8.93. The quantitative estimate of drug-likeness (QED) is 0.606. The Balaban J connectivity index is 0.00000182. The van der Waals surface area contributed by atoms with Gasteiger partial charge >= 0.3 is 0 Å². The van der Waals surface area contributed by atoms with E-state index in [0.717, 1.165) is 22.2 Å². The van der Waals surface area contributed by atoms with Crippen LogP contribution in [-0.4, -0.2) is 11.3 Å². The number of hydrogen-bond acceptors (Lipinski definition) is 6. The van der Waals surface area contributed by atoms with E-state index >= 15 is 0 Å². The zero-order valence-corrected chi connectivity index (χ0v) is 16.4. The molecule has 0 saturated carbocycles. The first-order valence-corrected chi connectivity index (χ1v) is 8.53. The van der Waals surface area contributed by atoms with Gasteiger partial charge in [0, 0.05) is 4.88 Å². The van der Waals surface area contributed by atoms with Crippen LogP contribution in [0.1, 0.15) is 10.6 Å². The number of hydrazone groups is 1. The fraction of sp³-hybridized carbons (Fsp3) is 0.111. The molecule has 0 saturated heterocycles. The van der Waals surface area contributed by atoms with Gasteiger partial charge in [0.25, 0.3) is 0 Å². The monoisotopic (exact) mass is 415 g/mol. The van der Waals surface area contributed by atoms with Gasteiger partial charge < -0.3 is 0 Å². The van der Waals surface area contributed by atoms with Crippen molar-refractivity contribution < 1.29 is 0 Å². The zero-order chi connectivity index (χ0) is 16.5. The van der Waals surface area contributed by atoms with Gasteiger partial charge in [0.1, 0.15) is 6.34 Å². The van der Waals surface area contributed by atoms with Crippen LogP contribution >= 0.6 is 28.3 Å². The Kier molecular flexibility index (Phi) is 5.06. The van der Waals surface area contributed by atoms with Crippen LogP contribution in [0.2, 0.25) is 0 Å². The Bertz CT molecular complexity index is 846. The second-order valence-corrected chi connectivity index (χ2v) is 6.65. The van der Waals surface area contributed by atoms with E-state index in [2.05, 4.69) is 29.1 Å². The summed E-state index contributed by atoms with van der Waals surface area (Å²) < 4.78 is 0. The first-order chi connectivity index (χ1) is 11.7. The highest BCUT2D eigenvalue weighted by atomic mass is 79.9. The Morgan fingerprint density at radius 3 is 2.00 bits per heavy atom. The maximum atomic E-state index is 4.68. The highest BCUT2D eigenvalue weighted by Crippen LogP contribution is 2.33. The molecule has 1 aliphatic heterocycles. The molecule has 0 aliphatic carbocycles. The van der Waals surface area contributed by atoms with Crippen molar-refractivity contribution in [2.75, 3.05) is 15.2 Å². The van der Waals surface area contributed by atoms with Crippen LogP contribution in [-0.2, 0) is 0 Å². The number of rotatable bonds is 3. The van der Waals surface area contributed by atoms with Gasteiger partial charge in [-0.1, -0.05) is 47.7 Å². The predicted octanol–water partition coefficient (Wildman–Crippen LogP) is 4.94. The summed E-state index contributed by atoms with van der Waals surface area (Å²) in [6.45, 7) is 4.12. The molecule has 0 atom stereocenters. The molecule has 0 spiro atoms. The summed E-state index contributed by atoms with van der Waals surface area (Å²) in [5, 5.41) is 11.4. The number of aryl methyl sites for hydroxylation is 2. The summed E-state index contributed by atoms with van der Waals surface area (Å²) >= 11 is 1.66. The molecule has 1 aliphatic rings. The standard InChI is InChI=1S/C18H17N5S.BrH/c1-14-15(2)24-18(20-14)21-13-19-22(16-9-5-3-6-10-16)23(21)17-11-7-4-8-12-17;/h3-13H,1-2H3;1H. The van der Waals surface area contributed by atoms with Gasteiger partial charge in [0.2, 0.25) is 5.13 Å². The molecule has 0 unspecified atom stereocenters. The van der Waals surface area contributed by atoms with Gasteiger partial charge in [-0.25, -0.2) is 4.98 Å². The summed E-state index contributed by atoms with van der Waals surface area (Å²) in [5.41, 5.74) is 3.06. The van der Waals surface area contributed by atoms with Crippen LogP contribution in [0.3, 0.4) is 0 Å². The molecule has 2 heterocycles. The lowest BCUT2D eigenvalue weighted by Gasteiger charge is -2.33. The SMILES string of the molecule is Br.Cc1nc(N2C=NN(c3ccccc3)N2c2ccccc2)sc1C.